The quantitative estimate of drug-likeness (QED) is 0.405. The van der Waals surface area contributed by atoms with Crippen LogP contribution in [0.5, 0.6) is 11.5 Å². The third kappa shape index (κ3) is 6.26. The Hall–Kier alpha value is -3.49. The number of rotatable bonds is 8. The van der Waals surface area contributed by atoms with Crippen LogP contribution in [0.25, 0.3) is 6.08 Å². The lowest BCUT2D eigenvalue weighted by Gasteiger charge is -2.11. The summed E-state index contributed by atoms with van der Waals surface area (Å²) in [5, 5.41) is 13.9. The van der Waals surface area contributed by atoms with Crippen molar-refractivity contribution in [3.63, 3.8) is 0 Å². The van der Waals surface area contributed by atoms with Gasteiger partial charge >= 0.3 is 0 Å². The number of carbonyl (C=O) groups is 2. The van der Waals surface area contributed by atoms with E-state index < -0.39 is 17.6 Å². The van der Waals surface area contributed by atoms with Gasteiger partial charge in [-0.3, -0.25) is 9.59 Å². The highest BCUT2D eigenvalue weighted by atomic mass is 79.9. The van der Waals surface area contributed by atoms with Crippen LogP contribution < -0.4 is 15.4 Å². The fraction of sp³-hybridized carbons (Fsp3) is 0.0833. The molecule has 0 saturated carbocycles. The zero-order chi connectivity index (χ0) is 22.9. The number of nitrogens with one attached hydrogen (secondary N) is 2. The van der Waals surface area contributed by atoms with Crippen molar-refractivity contribution in [2.45, 2.75) is 0 Å². The summed E-state index contributed by atoms with van der Waals surface area (Å²) < 4.78 is 20.6. The van der Waals surface area contributed by atoms with E-state index in [1.54, 1.807) is 24.3 Å². The highest BCUT2D eigenvalue weighted by Crippen LogP contribution is 2.29. The van der Waals surface area contributed by atoms with Gasteiger partial charge in [-0.2, -0.15) is 0 Å². The molecule has 0 saturated heterocycles. The molecule has 0 aromatic heterocycles. The van der Waals surface area contributed by atoms with Crippen molar-refractivity contribution >= 4 is 33.8 Å². The topological polar surface area (TPSA) is 87.7 Å². The average molecular weight is 499 g/mol. The molecule has 164 valence electrons. The molecule has 3 N–H and O–H groups in total. The van der Waals surface area contributed by atoms with E-state index in [-0.39, 0.29) is 24.4 Å². The number of aliphatic hydroxyl groups excluding tert-OH is 1. The Morgan fingerprint density at radius 1 is 1.00 bits per heavy atom. The Kier molecular flexibility index (Phi) is 8.13. The number of ether oxygens (including phenoxy) is 1. The number of amides is 2. The largest absolute Gasteiger partial charge is 0.456 e. The Morgan fingerprint density at radius 3 is 2.38 bits per heavy atom. The maximum Gasteiger partial charge on any atom is 0.267 e. The van der Waals surface area contributed by atoms with Crippen LogP contribution in [-0.2, 0) is 4.79 Å². The molecule has 0 aliphatic rings. The number of para-hydroxylation sites is 1. The van der Waals surface area contributed by atoms with Gasteiger partial charge in [0.2, 0.25) is 0 Å². The zero-order valence-electron chi connectivity index (χ0n) is 16.8. The highest BCUT2D eigenvalue weighted by Gasteiger charge is 2.17. The van der Waals surface area contributed by atoms with Crippen molar-refractivity contribution in [3.05, 3.63) is 99.9 Å². The molecule has 0 heterocycles. The monoisotopic (exact) mass is 498 g/mol. The molecule has 32 heavy (non-hydrogen) atoms. The zero-order valence-corrected chi connectivity index (χ0v) is 18.4. The normalized spacial score (nSPS) is 11.0. The number of carbonyl (C=O) groups excluding carboxylic acids is 2. The van der Waals surface area contributed by atoms with Crippen molar-refractivity contribution in [2.75, 3.05) is 13.2 Å². The van der Waals surface area contributed by atoms with E-state index in [4.69, 9.17) is 9.84 Å². The van der Waals surface area contributed by atoms with E-state index in [0.29, 0.717) is 17.1 Å². The molecule has 0 unspecified atom stereocenters. The minimum absolute atomic E-state index is 0.00444. The smallest absolute Gasteiger partial charge is 0.267 e. The number of halogens is 2. The van der Waals surface area contributed by atoms with Gasteiger partial charge in [0.05, 0.1) is 16.6 Å². The molecule has 3 rings (SSSR count). The Bertz CT molecular complexity index is 1130. The molecule has 0 atom stereocenters. The number of hydrogen-bond donors (Lipinski definition) is 3. The van der Waals surface area contributed by atoms with Crippen LogP contribution >= 0.6 is 15.9 Å². The van der Waals surface area contributed by atoms with Crippen LogP contribution in [0.15, 0.2) is 83.0 Å². The summed E-state index contributed by atoms with van der Waals surface area (Å²) >= 11 is 3.42. The van der Waals surface area contributed by atoms with E-state index in [2.05, 4.69) is 26.6 Å². The Morgan fingerprint density at radius 2 is 1.69 bits per heavy atom. The summed E-state index contributed by atoms with van der Waals surface area (Å²) in [5.74, 6) is -0.846. The molecule has 2 amide bonds. The fourth-order valence-corrected chi connectivity index (χ4v) is 3.08. The van der Waals surface area contributed by atoms with Crippen molar-refractivity contribution in [1.82, 2.24) is 10.6 Å². The standard InChI is InChI=1S/C24H20BrFN2O4/c25-19-6-2-4-8-22(19)32-17-11-9-16(10-12-17)15-21(24(31)27-13-14-29)28-23(30)18-5-1-3-7-20(18)26/h1-12,15,29H,13-14H2,(H,27,31)(H,28,30). The van der Waals surface area contributed by atoms with E-state index >= 15 is 0 Å². The van der Waals surface area contributed by atoms with Crippen LogP contribution in [0.4, 0.5) is 4.39 Å². The van der Waals surface area contributed by atoms with Crippen LogP contribution in [0.1, 0.15) is 15.9 Å². The predicted octanol–water partition coefficient (Wildman–Crippen LogP) is 4.26. The second kappa shape index (κ2) is 11.2. The van der Waals surface area contributed by atoms with Crippen LogP contribution in [0, 0.1) is 5.82 Å². The third-order valence-electron chi connectivity index (χ3n) is 4.26. The highest BCUT2D eigenvalue weighted by molar-refractivity contribution is 9.10. The maximum absolute atomic E-state index is 13.9. The van der Waals surface area contributed by atoms with Gasteiger partial charge in [0.1, 0.15) is 23.0 Å². The molecular formula is C24H20BrFN2O4. The van der Waals surface area contributed by atoms with Crippen molar-refractivity contribution in [1.29, 1.82) is 0 Å². The maximum atomic E-state index is 13.9. The minimum atomic E-state index is -0.762. The second-order valence-corrected chi connectivity index (χ2v) is 7.43. The molecule has 0 fully saturated rings. The van der Waals surface area contributed by atoms with Crippen molar-refractivity contribution in [2.24, 2.45) is 0 Å². The summed E-state index contributed by atoms with van der Waals surface area (Å²) in [4.78, 5) is 25.0. The number of hydrogen-bond acceptors (Lipinski definition) is 4. The van der Waals surface area contributed by atoms with Crippen LogP contribution in [-0.4, -0.2) is 30.1 Å². The lowest BCUT2D eigenvalue weighted by atomic mass is 10.1. The van der Waals surface area contributed by atoms with Gasteiger partial charge in [0.25, 0.3) is 11.8 Å². The summed E-state index contributed by atoms with van der Waals surface area (Å²) in [7, 11) is 0. The summed E-state index contributed by atoms with van der Waals surface area (Å²) in [6.07, 6.45) is 1.45. The lowest BCUT2D eigenvalue weighted by Crippen LogP contribution is -2.36. The van der Waals surface area contributed by atoms with E-state index in [1.807, 2.05) is 24.3 Å². The molecule has 6 nitrogen and oxygen atoms in total. The van der Waals surface area contributed by atoms with Gasteiger partial charge in [0.15, 0.2) is 0 Å². The van der Waals surface area contributed by atoms with E-state index in [0.717, 1.165) is 10.5 Å². The lowest BCUT2D eigenvalue weighted by molar-refractivity contribution is -0.117. The SMILES string of the molecule is O=C(NCCO)C(=Cc1ccc(Oc2ccccc2Br)cc1)NC(=O)c1ccccc1F. The van der Waals surface area contributed by atoms with Gasteiger partial charge in [-0.15, -0.1) is 0 Å². The van der Waals surface area contributed by atoms with E-state index in [1.165, 1.54) is 24.3 Å². The predicted molar refractivity (Wildman–Crippen MR) is 123 cm³/mol. The molecular weight excluding hydrogens is 479 g/mol. The first-order valence-electron chi connectivity index (χ1n) is 9.67. The van der Waals surface area contributed by atoms with Crippen LogP contribution in [0.2, 0.25) is 0 Å². The van der Waals surface area contributed by atoms with Gasteiger partial charge in [0, 0.05) is 6.54 Å². The van der Waals surface area contributed by atoms with Gasteiger partial charge in [-0.05, 0) is 64.0 Å². The number of aliphatic hydroxyl groups is 1. The van der Waals surface area contributed by atoms with Gasteiger partial charge in [-0.1, -0.05) is 36.4 Å². The summed E-state index contributed by atoms with van der Waals surface area (Å²) in [5.41, 5.74) is 0.323. The average Bonchev–Trinajstić information content (AvgIpc) is 2.80. The number of benzene rings is 3. The first-order chi connectivity index (χ1) is 15.5. The molecule has 8 heteroatoms. The van der Waals surface area contributed by atoms with Gasteiger partial charge < -0.3 is 20.5 Å². The summed E-state index contributed by atoms with van der Waals surface area (Å²) in [6, 6.07) is 19.7. The molecule has 0 spiro atoms. The summed E-state index contributed by atoms with van der Waals surface area (Å²) in [6.45, 7) is -0.258. The van der Waals surface area contributed by atoms with Crippen LogP contribution in [0.3, 0.4) is 0 Å². The molecule has 0 aliphatic carbocycles. The van der Waals surface area contributed by atoms with E-state index in [9.17, 15) is 14.0 Å². The Balaban J connectivity index is 1.81. The van der Waals surface area contributed by atoms with Gasteiger partial charge in [-0.25, -0.2) is 4.39 Å². The van der Waals surface area contributed by atoms with Crippen molar-refractivity contribution < 1.29 is 23.8 Å². The fourth-order valence-electron chi connectivity index (χ4n) is 2.71. The third-order valence-corrected chi connectivity index (χ3v) is 4.92. The molecule has 3 aromatic rings. The van der Waals surface area contributed by atoms with Crippen molar-refractivity contribution in [3.8, 4) is 11.5 Å². The molecule has 0 radical (unpaired) electrons. The minimum Gasteiger partial charge on any atom is -0.456 e. The first kappa shape index (κ1) is 23.2. The molecule has 0 aliphatic heterocycles. The Labute approximate surface area is 192 Å². The molecule has 3 aromatic carbocycles. The first-order valence-corrected chi connectivity index (χ1v) is 10.5. The second-order valence-electron chi connectivity index (χ2n) is 6.57. The molecule has 0 bridgehead atoms.